The van der Waals surface area contributed by atoms with Crippen LogP contribution in [0.4, 0.5) is 4.79 Å². The second-order valence-corrected chi connectivity index (χ2v) is 9.20. The van der Waals surface area contributed by atoms with E-state index in [2.05, 4.69) is 22.8 Å². The van der Waals surface area contributed by atoms with Crippen molar-refractivity contribution in [2.24, 2.45) is 0 Å². The third-order valence-corrected chi connectivity index (χ3v) is 5.88. The number of likely N-dealkylation sites (N-methyl/N-ethyl adjacent to an activating group) is 1. The summed E-state index contributed by atoms with van der Waals surface area (Å²) in [6.07, 6.45) is 1.30. The summed E-state index contributed by atoms with van der Waals surface area (Å²) in [4.78, 5) is 38.8. The highest BCUT2D eigenvalue weighted by Crippen LogP contribution is 2.44. The third kappa shape index (κ3) is 6.70. The molecule has 1 aliphatic carbocycles. The van der Waals surface area contributed by atoms with Gasteiger partial charge in [-0.05, 0) is 56.6 Å². The highest BCUT2D eigenvalue weighted by Gasteiger charge is 2.30. The molecule has 2 atom stereocenters. The maximum Gasteiger partial charge on any atom is 0.407 e. The van der Waals surface area contributed by atoms with Crippen molar-refractivity contribution in [3.05, 3.63) is 71.3 Å². The van der Waals surface area contributed by atoms with Crippen molar-refractivity contribution in [1.82, 2.24) is 15.5 Å². The predicted molar refractivity (Wildman–Crippen MR) is 134 cm³/mol. The summed E-state index contributed by atoms with van der Waals surface area (Å²) in [5.74, 6) is -1.82. The topological polar surface area (TPSA) is 108 Å². The van der Waals surface area contributed by atoms with E-state index in [0.717, 1.165) is 27.8 Å². The quantitative estimate of drug-likeness (QED) is 0.451. The maximum atomic E-state index is 12.9. The third-order valence-electron chi connectivity index (χ3n) is 5.88. The minimum Gasteiger partial charge on any atom is -0.480 e. The van der Waals surface area contributed by atoms with Gasteiger partial charge in [0, 0.05) is 12.5 Å². The van der Waals surface area contributed by atoms with E-state index in [1.54, 1.807) is 19.0 Å². The average Bonchev–Trinajstić information content (AvgIpc) is 3.13. The number of carbonyl (C=O) groups excluding carboxylic acids is 2. The van der Waals surface area contributed by atoms with Gasteiger partial charge in [-0.15, -0.1) is 0 Å². The fourth-order valence-corrected chi connectivity index (χ4v) is 4.19. The molecule has 35 heavy (non-hydrogen) atoms. The van der Waals surface area contributed by atoms with Crippen molar-refractivity contribution in [3.8, 4) is 11.1 Å². The molecule has 3 rings (SSSR count). The number of hydrogen-bond donors (Lipinski definition) is 3. The number of aliphatic carboxylic acids is 1. The van der Waals surface area contributed by atoms with Gasteiger partial charge < -0.3 is 25.4 Å². The molecule has 0 spiro atoms. The second kappa shape index (κ2) is 11.7. The van der Waals surface area contributed by atoms with Gasteiger partial charge in [-0.25, -0.2) is 9.59 Å². The highest BCUT2D eigenvalue weighted by molar-refractivity contribution is 5.89. The predicted octanol–water partition coefficient (Wildman–Crippen LogP) is 3.38. The van der Waals surface area contributed by atoms with Crippen LogP contribution in [0, 0.1) is 0 Å². The van der Waals surface area contributed by atoms with E-state index in [0.29, 0.717) is 0 Å². The van der Waals surface area contributed by atoms with Crippen LogP contribution in [0.5, 0.6) is 0 Å². The molecule has 2 aromatic carbocycles. The molecule has 0 saturated heterocycles. The molecule has 0 bridgehead atoms. The largest absolute Gasteiger partial charge is 0.480 e. The number of nitrogens with zero attached hydrogens (tertiary/aromatic N) is 1. The van der Waals surface area contributed by atoms with Crippen LogP contribution in [0.15, 0.2) is 60.2 Å². The summed E-state index contributed by atoms with van der Waals surface area (Å²) in [5, 5.41) is 14.6. The number of amides is 2. The van der Waals surface area contributed by atoms with Gasteiger partial charge in [0.05, 0.1) is 0 Å². The van der Waals surface area contributed by atoms with Crippen molar-refractivity contribution < 1.29 is 24.2 Å². The van der Waals surface area contributed by atoms with E-state index < -0.39 is 30.1 Å². The van der Waals surface area contributed by atoms with Crippen LogP contribution in [0.3, 0.4) is 0 Å². The van der Waals surface area contributed by atoms with Gasteiger partial charge in [-0.2, -0.15) is 0 Å². The lowest BCUT2D eigenvalue weighted by Crippen LogP contribution is -2.54. The van der Waals surface area contributed by atoms with E-state index in [-0.39, 0.29) is 25.5 Å². The SMILES string of the molecule is CC(C)=CCC(NC(=O)OCC1c2ccccc2-c2ccccc21)C(=O)N[C@@H](CN(C)C)C(=O)O. The second-order valence-electron chi connectivity index (χ2n) is 9.20. The molecule has 0 fully saturated rings. The number of hydrogen-bond acceptors (Lipinski definition) is 5. The fraction of sp³-hybridized carbons (Fsp3) is 0.370. The molecule has 0 radical (unpaired) electrons. The van der Waals surface area contributed by atoms with Gasteiger partial charge in [0.15, 0.2) is 0 Å². The fourth-order valence-electron chi connectivity index (χ4n) is 4.19. The molecular formula is C27H33N3O5. The summed E-state index contributed by atoms with van der Waals surface area (Å²) in [6.45, 7) is 4.01. The van der Waals surface area contributed by atoms with Crippen molar-refractivity contribution in [2.75, 3.05) is 27.2 Å². The number of nitrogens with one attached hydrogen (secondary N) is 2. The van der Waals surface area contributed by atoms with Gasteiger partial charge in [0.2, 0.25) is 5.91 Å². The summed E-state index contributed by atoms with van der Waals surface area (Å²) < 4.78 is 5.57. The van der Waals surface area contributed by atoms with Crippen LogP contribution < -0.4 is 10.6 Å². The summed E-state index contributed by atoms with van der Waals surface area (Å²) in [6, 6.07) is 14.0. The minimum atomic E-state index is -1.14. The van der Waals surface area contributed by atoms with Crippen LogP contribution in [0.1, 0.15) is 37.3 Å². The summed E-state index contributed by atoms with van der Waals surface area (Å²) >= 11 is 0. The molecular weight excluding hydrogens is 446 g/mol. The van der Waals surface area contributed by atoms with Crippen LogP contribution in [-0.4, -0.2) is 67.3 Å². The van der Waals surface area contributed by atoms with Crippen LogP contribution >= 0.6 is 0 Å². The van der Waals surface area contributed by atoms with E-state index in [4.69, 9.17) is 4.74 Å². The lowest BCUT2D eigenvalue weighted by molar-refractivity contribution is -0.142. The number of allylic oxidation sites excluding steroid dienone is 1. The normalized spacial score (nSPS) is 13.9. The van der Waals surface area contributed by atoms with Crippen molar-refractivity contribution in [1.29, 1.82) is 0 Å². The Hall–Kier alpha value is -3.65. The van der Waals surface area contributed by atoms with Gasteiger partial charge >= 0.3 is 12.1 Å². The number of fused-ring (bicyclic) bond motifs is 3. The highest BCUT2D eigenvalue weighted by atomic mass is 16.5. The number of alkyl carbamates (subject to hydrolysis) is 1. The molecule has 2 aromatic rings. The molecule has 0 aromatic heterocycles. The Morgan fingerprint density at radius 2 is 1.54 bits per heavy atom. The summed E-state index contributed by atoms with van der Waals surface area (Å²) in [5.41, 5.74) is 5.40. The van der Waals surface area contributed by atoms with E-state index in [1.807, 2.05) is 56.3 Å². The Kier molecular flexibility index (Phi) is 8.65. The molecule has 186 valence electrons. The molecule has 0 aliphatic heterocycles. The Balaban J connectivity index is 1.68. The zero-order valence-electron chi connectivity index (χ0n) is 20.6. The molecule has 0 saturated carbocycles. The molecule has 2 amide bonds. The minimum absolute atomic E-state index is 0.102. The Morgan fingerprint density at radius 3 is 2.06 bits per heavy atom. The van der Waals surface area contributed by atoms with E-state index >= 15 is 0 Å². The van der Waals surface area contributed by atoms with Crippen LogP contribution in [-0.2, 0) is 14.3 Å². The van der Waals surface area contributed by atoms with E-state index in [9.17, 15) is 19.5 Å². The zero-order valence-corrected chi connectivity index (χ0v) is 20.6. The van der Waals surface area contributed by atoms with Crippen LogP contribution in [0.25, 0.3) is 11.1 Å². The lowest BCUT2D eigenvalue weighted by atomic mass is 9.98. The smallest absolute Gasteiger partial charge is 0.407 e. The molecule has 8 heteroatoms. The Bertz CT molecular complexity index is 1060. The standard InChI is InChI=1S/C27H33N3O5/c1-17(2)13-14-23(25(31)28-24(26(32)33)15-30(3)4)29-27(34)35-16-22-20-11-7-5-9-18(20)19-10-6-8-12-21(19)22/h5-13,22-24H,14-16H2,1-4H3,(H,28,31)(H,29,34)(H,32,33)/t23?,24-/m0/s1. The van der Waals surface area contributed by atoms with Gasteiger partial charge in [-0.1, -0.05) is 60.2 Å². The molecule has 1 unspecified atom stereocenters. The summed E-state index contributed by atoms with van der Waals surface area (Å²) in [7, 11) is 3.44. The monoisotopic (exact) mass is 479 g/mol. The van der Waals surface area contributed by atoms with Crippen LogP contribution in [0.2, 0.25) is 0 Å². The maximum absolute atomic E-state index is 12.9. The Labute approximate surface area is 206 Å². The Morgan fingerprint density at radius 1 is 0.971 bits per heavy atom. The van der Waals surface area contributed by atoms with Gasteiger partial charge in [-0.3, -0.25) is 4.79 Å². The van der Waals surface area contributed by atoms with Crippen molar-refractivity contribution in [2.45, 2.75) is 38.3 Å². The number of carboxylic acids is 1. The molecule has 0 heterocycles. The number of carbonyl (C=O) groups is 3. The van der Waals surface area contributed by atoms with Gasteiger partial charge in [0.1, 0.15) is 18.7 Å². The van der Waals surface area contributed by atoms with E-state index in [1.165, 1.54) is 0 Å². The number of rotatable bonds is 10. The molecule has 8 nitrogen and oxygen atoms in total. The molecule has 1 aliphatic rings. The first kappa shape index (κ1) is 26.0. The number of carboxylic acid groups (broad SMARTS) is 1. The first-order chi connectivity index (χ1) is 16.7. The first-order valence-corrected chi connectivity index (χ1v) is 11.6. The van der Waals surface area contributed by atoms with Gasteiger partial charge in [0.25, 0.3) is 0 Å². The van der Waals surface area contributed by atoms with Crippen molar-refractivity contribution in [3.63, 3.8) is 0 Å². The number of ether oxygens (including phenoxy) is 1. The average molecular weight is 480 g/mol. The zero-order chi connectivity index (χ0) is 25.5. The molecule has 3 N–H and O–H groups in total. The first-order valence-electron chi connectivity index (χ1n) is 11.6. The lowest BCUT2D eigenvalue weighted by Gasteiger charge is -2.23. The number of benzene rings is 2. The van der Waals surface area contributed by atoms with Crippen molar-refractivity contribution >= 4 is 18.0 Å².